The quantitative estimate of drug-likeness (QED) is 0.931. The predicted molar refractivity (Wildman–Crippen MR) is 81.7 cm³/mol. The number of nitrogens with two attached hydrogens (primary N) is 1. The fourth-order valence-electron chi connectivity index (χ4n) is 3.12. The minimum Gasteiger partial charge on any atom is -0.463 e. The van der Waals surface area contributed by atoms with Crippen LogP contribution in [0.15, 0.2) is 34.7 Å². The van der Waals surface area contributed by atoms with Crippen LogP contribution in [0.1, 0.15) is 29.6 Å². The largest absolute Gasteiger partial charge is 0.463 e. The van der Waals surface area contributed by atoms with Gasteiger partial charge in [0.05, 0.1) is 13.1 Å². The molecular weight excluding hydrogens is 248 g/mol. The maximum absolute atomic E-state index is 5.85. The summed E-state index contributed by atoms with van der Waals surface area (Å²) in [4.78, 5) is 2.42. The van der Waals surface area contributed by atoms with E-state index >= 15 is 0 Å². The molecule has 1 atom stereocenters. The fourth-order valence-corrected chi connectivity index (χ4v) is 3.12. The molecule has 1 aliphatic rings. The molecule has 1 aromatic heterocycles. The normalized spacial score (nSPS) is 18.1. The molecule has 0 saturated heterocycles. The first-order valence-corrected chi connectivity index (χ1v) is 7.28. The highest BCUT2D eigenvalue weighted by Crippen LogP contribution is 2.31. The van der Waals surface area contributed by atoms with Gasteiger partial charge in [-0.05, 0) is 42.5 Å². The number of fused-ring (bicyclic) bond motifs is 1. The highest BCUT2D eigenvalue weighted by molar-refractivity contribution is 5.55. The summed E-state index contributed by atoms with van der Waals surface area (Å²) in [6.07, 6.45) is 1.16. The summed E-state index contributed by atoms with van der Waals surface area (Å²) in [5.74, 6) is 2.58. The number of benzene rings is 1. The average molecular weight is 270 g/mol. The van der Waals surface area contributed by atoms with Gasteiger partial charge in [0.1, 0.15) is 11.5 Å². The number of hydrogen-bond acceptors (Lipinski definition) is 3. The molecule has 0 radical (unpaired) electrons. The number of rotatable bonds is 3. The van der Waals surface area contributed by atoms with Gasteiger partial charge in [0.25, 0.3) is 0 Å². The summed E-state index contributed by atoms with van der Waals surface area (Å²) in [6, 6.07) is 10.8. The molecule has 1 aromatic carbocycles. The van der Waals surface area contributed by atoms with E-state index in [0.29, 0.717) is 12.5 Å². The van der Waals surface area contributed by atoms with Gasteiger partial charge in [0.15, 0.2) is 0 Å². The number of hydrogen-bond donors (Lipinski definition) is 1. The van der Waals surface area contributed by atoms with Crippen LogP contribution in [-0.2, 0) is 19.5 Å². The third-order valence-corrected chi connectivity index (χ3v) is 4.04. The molecule has 2 N–H and O–H groups in total. The van der Waals surface area contributed by atoms with E-state index in [-0.39, 0.29) is 0 Å². The van der Waals surface area contributed by atoms with Gasteiger partial charge in [-0.15, -0.1) is 0 Å². The van der Waals surface area contributed by atoms with Gasteiger partial charge >= 0.3 is 0 Å². The van der Waals surface area contributed by atoms with Crippen molar-refractivity contribution in [3.05, 3.63) is 53.0 Å². The summed E-state index contributed by atoms with van der Waals surface area (Å²) in [5.41, 5.74) is 9.62. The van der Waals surface area contributed by atoms with Crippen molar-refractivity contribution in [2.75, 3.05) is 11.4 Å². The SMILES string of the molecule is Cc1cc(CN2CC(C)Cc3ccccc32)oc1CN. The third kappa shape index (κ3) is 2.46. The summed E-state index contributed by atoms with van der Waals surface area (Å²) in [5, 5.41) is 0. The van der Waals surface area contributed by atoms with E-state index in [2.05, 4.69) is 49.1 Å². The molecule has 3 heteroatoms. The number of para-hydroxylation sites is 1. The average Bonchev–Trinajstić information content (AvgIpc) is 2.78. The van der Waals surface area contributed by atoms with Gasteiger partial charge in [-0.1, -0.05) is 25.1 Å². The maximum Gasteiger partial charge on any atom is 0.123 e. The standard InChI is InChI=1S/C17H22N2O/c1-12-7-14-5-3-4-6-16(14)19(10-12)11-15-8-13(2)17(9-18)20-15/h3-6,8,12H,7,9-11,18H2,1-2H3. The predicted octanol–water partition coefficient (Wildman–Crippen LogP) is 3.25. The Hall–Kier alpha value is -1.74. The smallest absolute Gasteiger partial charge is 0.123 e. The van der Waals surface area contributed by atoms with Crippen LogP contribution in [0.2, 0.25) is 0 Å². The molecule has 1 aliphatic heterocycles. The summed E-state index contributed by atoms with van der Waals surface area (Å²) in [6.45, 7) is 6.74. The van der Waals surface area contributed by atoms with Crippen molar-refractivity contribution < 1.29 is 4.42 Å². The van der Waals surface area contributed by atoms with Crippen molar-refractivity contribution >= 4 is 5.69 Å². The van der Waals surface area contributed by atoms with Crippen LogP contribution in [0.5, 0.6) is 0 Å². The summed E-state index contributed by atoms with van der Waals surface area (Å²) in [7, 11) is 0. The van der Waals surface area contributed by atoms with Crippen LogP contribution in [-0.4, -0.2) is 6.54 Å². The van der Waals surface area contributed by atoms with Gasteiger partial charge < -0.3 is 15.1 Å². The van der Waals surface area contributed by atoms with E-state index in [9.17, 15) is 0 Å². The van der Waals surface area contributed by atoms with E-state index in [1.165, 1.54) is 11.3 Å². The first kappa shape index (κ1) is 13.3. The Bertz CT molecular complexity index is 603. The van der Waals surface area contributed by atoms with Gasteiger partial charge in [-0.3, -0.25) is 0 Å². The maximum atomic E-state index is 5.85. The van der Waals surface area contributed by atoms with Gasteiger partial charge in [-0.2, -0.15) is 0 Å². The lowest BCUT2D eigenvalue weighted by Crippen LogP contribution is -2.33. The van der Waals surface area contributed by atoms with Crippen LogP contribution in [0.3, 0.4) is 0 Å². The minimum absolute atomic E-state index is 0.471. The zero-order chi connectivity index (χ0) is 14.1. The Labute approximate surface area is 120 Å². The van der Waals surface area contributed by atoms with Crippen molar-refractivity contribution in [2.45, 2.75) is 33.4 Å². The molecule has 0 spiro atoms. The zero-order valence-electron chi connectivity index (χ0n) is 12.2. The Morgan fingerprint density at radius 3 is 2.90 bits per heavy atom. The lowest BCUT2D eigenvalue weighted by molar-refractivity contribution is 0.446. The lowest BCUT2D eigenvalue weighted by atomic mass is 9.94. The van der Waals surface area contributed by atoms with Crippen LogP contribution < -0.4 is 10.6 Å². The fraction of sp³-hybridized carbons (Fsp3) is 0.412. The van der Waals surface area contributed by atoms with E-state index in [1.54, 1.807) is 0 Å². The molecule has 3 nitrogen and oxygen atoms in total. The Kier molecular flexibility index (Phi) is 3.53. The molecule has 0 fully saturated rings. The van der Waals surface area contributed by atoms with Crippen molar-refractivity contribution in [2.24, 2.45) is 11.7 Å². The Morgan fingerprint density at radius 1 is 1.35 bits per heavy atom. The Balaban J connectivity index is 1.86. The minimum atomic E-state index is 0.471. The van der Waals surface area contributed by atoms with E-state index in [0.717, 1.165) is 36.6 Å². The topological polar surface area (TPSA) is 42.4 Å². The molecule has 1 unspecified atom stereocenters. The highest BCUT2D eigenvalue weighted by atomic mass is 16.3. The number of aryl methyl sites for hydroxylation is 1. The lowest BCUT2D eigenvalue weighted by Gasteiger charge is -2.34. The number of furan rings is 1. The van der Waals surface area contributed by atoms with Gasteiger partial charge in [0.2, 0.25) is 0 Å². The van der Waals surface area contributed by atoms with Crippen LogP contribution in [0.4, 0.5) is 5.69 Å². The molecule has 0 saturated carbocycles. The van der Waals surface area contributed by atoms with Gasteiger partial charge in [0, 0.05) is 12.2 Å². The second-order valence-corrected chi connectivity index (χ2v) is 5.84. The molecule has 20 heavy (non-hydrogen) atoms. The van der Waals surface area contributed by atoms with Crippen molar-refractivity contribution in [3.63, 3.8) is 0 Å². The Morgan fingerprint density at radius 2 is 2.15 bits per heavy atom. The number of nitrogens with zero attached hydrogens (tertiary/aromatic N) is 1. The second kappa shape index (κ2) is 5.33. The van der Waals surface area contributed by atoms with E-state index < -0.39 is 0 Å². The molecule has 0 bridgehead atoms. The number of anilines is 1. The molecule has 2 heterocycles. The monoisotopic (exact) mass is 270 g/mol. The second-order valence-electron chi connectivity index (χ2n) is 5.84. The molecule has 3 rings (SSSR count). The van der Waals surface area contributed by atoms with Crippen LogP contribution in [0, 0.1) is 12.8 Å². The van der Waals surface area contributed by atoms with Crippen molar-refractivity contribution in [1.29, 1.82) is 0 Å². The third-order valence-electron chi connectivity index (χ3n) is 4.04. The molecular formula is C17H22N2O. The first-order chi connectivity index (χ1) is 9.67. The van der Waals surface area contributed by atoms with Crippen LogP contribution >= 0.6 is 0 Å². The van der Waals surface area contributed by atoms with Gasteiger partial charge in [-0.25, -0.2) is 0 Å². The molecule has 106 valence electrons. The molecule has 0 aliphatic carbocycles. The summed E-state index contributed by atoms with van der Waals surface area (Å²) >= 11 is 0. The van der Waals surface area contributed by atoms with E-state index in [1.807, 2.05) is 0 Å². The molecule has 2 aromatic rings. The van der Waals surface area contributed by atoms with E-state index in [4.69, 9.17) is 10.2 Å². The van der Waals surface area contributed by atoms with Crippen molar-refractivity contribution in [3.8, 4) is 0 Å². The first-order valence-electron chi connectivity index (χ1n) is 7.28. The zero-order valence-corrected chi connectivity index (χ0v) is 12.2. The summed E-state index contributed by atoms with van der Waals surface area (Å²) < 4.78 is 5.85. The highest BCUT2D eigenvalue weighted by Gasteiger charge is 2.22. The van der Waals surface area contributed by atoms with Crippen molar-refractivity contribution in [1.82, 2.24) is 0 Å². The van der Waals surface area contributed by atoms with Crippen LogP contribution in [0.25, 0.3) is 0 Å². The molecule has 0 amide bonds.